The Labute approximate surface area is 106 Å². The predicted molar refractivity (Wildman–Crippen MR) is 68.9 cm³/mol. The van der Waals surface area contributed by atoms with Crippen LogP contribution >= 0.6 is 0 Å². The maximum Gasteiger partial charge on any atom is 0.224 e. The average Bonchev–Trinajstić information content (AvgIpc) is 2.30. The van der Waals surface area contributed by atoms with Gasteiger partial charge < -0.3 is 10.6 Å². The molecule has 0 radical (unpaired) electrons. The summed E-state index contributed by atoms with van der Waals surface area (Å²) in [5.74, 6) is -1.00. The van der Waals surface area contributed by atoms with Crippen LogP contribution in [0.3, 0.4) is 0 Å². The molecule has 5 heteroatoms. The summed E-state index contributed by atoms with van der Waals surface area (Å²) in [7, 11) is 0. The molecule has 1 aromatic carbocycles. The first-order chi connectivity index (χ1) is 8.52. The molecule has 0 atom stereocenters. The van der Waals surface area contributed by atoms with Crippen molar-refractivity contribution in [2.45, 2.75) is 33.1 Å². The van der Waals surface area contributed by atoms with Crippen molar-refractivity contribution in [2.24, 2.45) is 0 Å². The molecule has 0 bridgehead atoms. The molecule has 0 aliphatic rings. The lowest BCUT2D eigenvalue weighted by molar-refractivity contribution is -0.116. The number of amides is 2. The molecule has 0 aromatic heterocycles. The molecule has 98 valence electrons. The Morgan fingerprint density at radius 1 is 1.28 bits per heavy atom. The number of unbranched alkanes of at least 4 members (excludes halogenated alkanes) is 1. The minimum atomic E-state index is -0.531. The highest BCUT2D eigenvalue weighted by Crippen LogP contribution is 2.19. The summed E-state index contributed by atoms with van der Waals surface area (Å²) in [6, 6.07) is 4.08. The Morgan fingerprint density at radius 2 is 2.00 bits per heavy atom. The van der Waals surface area contributed by atoms with Gasteiger partial charge in [0.15, 0.2) is 0 Å². The summed E-state index contributed by atoms with van der Waals surface area (Å²) < 4.78 is 13.3. The van der Waals surface area contributed by atoms with Crippen LogP contribution in [0.25, 0.3) is 0 Å². The van der Waals surface area contributed by atoms with E-state index in [0.29, 0.717) is 12.1 Å². The Balaban J connectivity index is 2.72. The van der Waals surface area contributed by atoms with E-state index >= 15 is 0 Å². The number of carbonyl (C=O) groups is 2. The molecule has 2 N–H and O–H groups in total. The molecule has 0 aliphatic heterocycles. The molecule has 0 unspecified atom stereocenters. The lowest BCUT2D eigenvalue weighted by Gasteiger charge is -2.08. The number of hydrogen-bond acceptors (Lipinski definition) is 2. The van der Waals surface area contributed by atoms with Crippen molar-refractivity contribution >= 4 is 23.2 Å². The van der Waals surface area contributed by atoms with Crippen molar-refractivity contribution in [3.63, 3.8) is 0 Å². The van der Waals surface area contributed by atoms with Gasteiger partial charge in [-0.1, -0.05) is 13.3 Å². The highest BCUT2D eigenvalue weighted by molar-refractivity contribution is 5.93. The predicted octanol–water partition coefficient (Wildman–Crippen LogP) is 2.91. The van der Waals surface area contributed by atoms with Crippen molar-refractivity contribution < 1.29 is 14.0 Å². The van der Waals surface area contributed by atoms with E-state index in [1.54, 1.807) is 0 Å². The third kappa shape index (κ3) is 4.53. The normalized spacial score (nSPS) is 9.94. The van der Waals surface area contributed by atoms with Gasteiger partial charge in [0, 0.05) is 19.0 Å². The zero-order valence-corrected chi connectivity index (χ0v) is 10.5. The zero-order chi connectivity index (χ0) is 13.5. The first-order valence-corrected chi connectivity index (χ1v) is 5.90. The number of hydrogen-bond donors (Lipinski definition) is 2. The average molecular weight is 252 g/mol. The molecule has 2 amide bonds. The molecule has 0 aliphatic carbocycles. The summed E-state index contributed by atoms with van der Waals surface area (Å²) in [4.78, 5) is 22.4. The maximum absolute atomic E-state index is 13.3. The highest BCUT2D eigenvalue weighted by Gasteiger charge is 2.07. The van der Waals surface area contributed by atoms with Crippen LogP contribution in [0.5, 0.6) is 0 Å². The minimum Gasteiger partial charge on any atom is -0.326 e. The van der Waals surface area contributed by atoms with Gasteiger partial charge in [-0.2, -0.15) is 0 Å². The van der Waals surface area contributed by atoms with Crippen LogP contribution in [0, 0.1) is 5.82 Å². The Kier molecular flexibility index (Phi) is 5.30. The van der Waals surface area contributed by atoms with Gasteiger partial charge in [0.05, 0.1) is 5.69 Å². The van der Waals surface area contributed by atoms with E-state index in [0.717, 1.165) is 12.8 Å². The molecule has 1 rings (SSSR count). The third-order valence-corrected chi connectivity index (χ3v) is 2.32. The quantitative estimate of drug-likeness (QED) is 0.846. The summed E-state index contributed by atoms with van der Waals surface area (Å²) in [6.07, 6.45) is 2.18. The van der Waals surface area contributed by atoms with Gasteiger partial charge >= 0.3 is 0 Å². The Hall–Kier alpha value is -1.91. The summed E-state index contributed by atoms with van der Waals surface area (Å²) in [5, 5.41) is 5.03. The summed E-state index contributed by atoms with van der Waals surface area (Å²) in [5.41, 5.74) is 0.539. The molecule has 0 saturated heterocycles. The van der Waals surface area contributed by atoms with E-state index in [-0.39, 0.29) is 17.5 Å². The number of anilines is 2. The fraction of sp³-hybridized carbons (Fsp3) is 0.385. The molecular weight excluding hydrogens is 235 g/mol. The molecule has 18 heavy (non-hydrogen) atoms. The van der Waals surface area contributed by atoms with E-state index in [1.165, 1.54) is 25.1 Å². The molecule has 0 spiro atoms. The van der Waals surface area contributed by atoms with Crippen molar-refractivity contribution in [1.29, 1.82) is 0 Å². The number of rotatable bonds is 5. The second-order valence-corrected chi connectivity index (χ2v) is 4.03. The van der Waals surface area contributed by atoms with Crippen LogP contribution in [-0.2, 0) is 9.59 Å². The second kappa shape index (κ2) is 6.74. The lowest BCUT2D eigenvalue weighted by atomic mass is 10.2. The van der Waals surface area contributed by atoms with Gasteiger partial charge in [-0.15, -0.1) is 0 Å². The topological polar surface area (TPSA) is 58.2 Å². The van der Waals surface area contributed by atoms with E-state index < -0.39 is 5.82 Å². The summed E-state index contributed by atoms with van der Waals surface area (Å²) in [6.45, 7) is 3.30. The first kappa shape index (κ1) is 14.2. The zero-order valence-electron chi connectivity index (χ0n) is 10.5. The fourth-order valence-corrected chi connectivity index (χ4v) is 1.45. The fourth-order valence-electron chi connectivity index (χ4n) is 1.45. The van der Waals surface area contributed by atoms with E-state index in [4.69, 9.17) is 0 Å². The Morgan fingerprint density at radius 3 is 2.61 bits per heavy atom. The number of halogens is 1. The van der Waals surface area contributed by atoms with E-state index in [2.05, 4.69) is 10.6 Å². The van der Waals surface area contributed by atoms with Gasteiger partial charge in [0.25, 0.3) is 0 Å². The molecule has 0 fully saturated rings. The molecular formula is C13H17FN2O2. The number of nitrogens with one attached hydrogen (secondary N) is 2. The van der Waals surface area contributed by atoms with Crippen LogP contribution in [0.4, 0.5) is 15.8 Å². The van der Waals surface area contributed by atoms with Gasteiger partial charge in [0.1, 0.15) is 5.82 Å². The van der Waals surface area contributed by atoms with Crippen molar-refractivity contribution in [2.75, 3.05) is 10.6 Å². The lowest BCUT2D eigenvalue weighted by Crippen LogP contribution is -2.12. The monoisotopic (exact) mass is 252 g/mol. The van der Waals surface area contributed by atoms with Crippen LogP contribution < -0.4 is 10.6 Å². The van der Waals surface area contributed by atoms with E-state index in [1.807, 2.05) is 6.92 Å². The minimum absolute atomic E-state index is 0.0655. The smallest absolute Gasteiger partial charge is 0.224 e. The third-order valence-electron chi connectivity index (χ3n) is 2.32. The van der Waals surface area contributed by atoms with Gasteiger partial charge in [-0.25, -0.2) is 4.39 Å². The first-order valence-electron chi connectivity index (χ1n) is 5.90. The van der Waals surface area contributed by atoms with Crippen LogP contribution in [0.2, 0.25) is 0 Å². The van der Waals surface area contributed by atoms with Crippen LogP contribution in [-0.4, -0.2) is 11.8 Å². The van der Waals surface area contributed by atoms with Gasteiger partial charge in [0.2, 0.25) is 11.8 Å². The SMILES string of the molecule is CCCCC(=O)Nc1ccc(F)c(NC(C)=O)c1. The second-order valence-electron chi connectivity index (χ2n) is 4.03. The highest BCUT2D eigenvalue weighted by atomic mass is 19.1. The maximum atomic E-state index is 13.3. The van der Waals surface area contributed by atoms with Crippen LogP contribution in [0.15, 0.2) is 18.2 Å². The van der Waals surface area contributed by atoms with Crippen LogP contribution in [0.1, 0.15) is 33.1 Å². The standard InChI is InChI=1S/C13H17FN2O2/c1-3-4-5-13(18)16-10-6-7-11(14)12(8-10)15-9(2)17/h6-8H,3-5H2,1-2H3,(H,15,17)(H,16,18). The largest absolute Gasteiger partial charge is 0.326 e. The van der Waals surface area contributed by atoms with E-state index in [9.17, 15) is 14.0 Å². The molecule has 4 nitrogen and oxygen atoms in total. The van der Waals surface area contributed by atoms with Gasteiger partial charge in [-0.3, -0.25) is 9.59 Å². The van der Waals surface area contributed by atoms with Gasteiger partial charge in [-0.05, 0) is 24.6 Å². The van der Waals surface area contributed by atoms with Crippen molar-refractivity contribution in [3.05, 3.63) is 24.0 Å². The van der Waals surface area contributed by atoms with Crippen molar-refractivity contribution in [3.8, 4) is 0 Å². The molecule has 0 saturated carbocycles. The number of carbonyl (C=O) groups excluding carboxylic acids is 2. The molecule has 1 aromatic rings. The molecule has 0 heterocycles. The summed E-state index contributed by atoms with van der Waals surface area (Å²) >= 11 is 0. The Bertz CT molecular complexity index is 447. The number of benzene rings is 1. The van der Waals surface area contributed by atoms with Crippen molar-refractivity contribution in [1.82, 2.24) is 0 Å².